The molecule has 2 N–H and O–H groups in total. The number of H-pyrrole nitrogens is 1. The first-order chi connectivity index (χ1) is 8.22. The van der Waals surface area contributed by atoms with Crippen molar-refractivity contribution in [1.82, 2.24) is 14.6 Å². The van der Waals surface area contributed by atoms with Gasteiger partial charge < -0.3 is 5.11 Å². The Bertz CT molecular complexity index is 725. The van der Waals surface area contributed by atoms with Gasteiger partial charge in [-0.3, -0.25) is 9.89 Å². The number of aromatic nitrogens is 3. The Morgan fingerprint density at radius 3 is 2.71 bits per heavy atom. The fourth-order valence-corrected chi connectivity index (χ4v) is 1.70. The number of hydrogen-bond acceptors (Lipinski definition) is 3. The van der Waals surface area contributed by atoms with Crippen molar-refractivity contribution in [1.29, 1.82) is 0 Å². The molecule has 0 bridgehead atoms. The van der Waals surface area contributed by atoms with Gasteiger partial charge in [-0.1, -0.05) is 12.1 Å². The lowest BCUT2D eigenvalue weighted by atomic mass is 10.1. The summed E-state index contributed by atoms with van der Waals surface area (Å²) in [4.78, 5) is 15.3. The van der Waals surface area contributed by atoms with E-state index >= 15 is 0 Å². The van der Waals surface area contributed by atoms with Gasteiger partial charge in [0.2, 0.25) is 0 Å². The zero-order valence-electron chi connectivity index (χ0n) is 8.79. The molecule has 0 amide bonds. The highest BCUT2D eigenvalue weighted by atomic mass is 16.3. The third kappa shape index (κ3) is 1.67. The van der Waals surface area contributed by atoms with Crippen LogP contribution in [0.4, 0.5) is 0 Å². The van der Waals surface area contributed by atoms with Gasteiger partial charge in [0.1, 0.15) is 5.75 Å². The number of hydrogen-bond donors (Lipinski definition) is 2. The second kappa shape index (κ2) is 3.48. The molecule has 2 aromatic heterocycles. The van der Waals surface area contributed by atoms with E-state index in [2.05, 4.69) is 10.1 Å². The van der Waals surface area contributed by atoms with Crippen LogP contribution in [0.1, 0.15) is 0 Å². The zero-order chi connectivity index (χ0) is 11.8. The molecule has 0 saturated heterocycles. The fourth-order valence-electron chi connectivity index (χ4n) is 1.70. The third-order valence-electron chi connectivity index (χ3n) is 2.54. The van der Waals surface area contributed by atoms with Crippen molar-refractivity contribution < 1.29 is 5.11 Å². The minimum atomic E-state index is -0.180. The molecule has 0 fully saturated rings. The lowest BCUT2D eigenvalue weighted by Crippen LogP contribution is -1.98. The summed E-state index contributed by atoms with van der Waals surface area (Å²) >= 11 is 0. The number of aromatic amines is 1. The monoisotopic (exact) mass is 227 g/mol. The molecule has 1 aromatic carbocycles. The second-order valence-corrected chi connectivity index (χ2v) is 3.74. The van der Waals surface area contributed by atoms with Gasteiger partial charge in [-0.15, -0.1) is 0 Å². The van der Waals surface area contributed by atoms with Crippen molar-refractivity contribution in [2.75, 3.05) is 0 Å². The van der Waals surface area contributed by atoms with E-state index in [0.29, 0.717) is 5.65 Å². The highest BCUT2D eigenvalue weighted by Gasteiger charge is 2.02. The van der Waals surface area contributed by atoms with Crippen molar-refractivity contribution >= 4 is 5.65 Å². The van der Waals surface area contributed by atoms with Crippen LogP contribution in [-0.4, -0.2) is 19.7 Å². The smallest absolute Gasteiger partial charge is 0.266 e. The van der Waals surface area contributed by atoms with Gasteiger partial charge in [0.25, 0.3) is 5.56 Å². The summed E-state index contributed by atoms with van der Waals surface area (Å²) in [7, 11) is 0. The maximum atomic E-state index is 11.1. The van der Waals surface area contributed by atoms with Crippen molar-refractivity contribution in [3.63, 3.8) is 0 Å². The van der Waals surface area contributed by atoms with E-state index in [1.54, 1.807) is 41.2 Å². The highest BCUT2D eigenvalue weighted by Crippen LogP contribution is 2.20. The normalized spacial score (nSPS) is 10.8. The first kappa shape index (κ1) is 9.65. The molecule has 0 unspecified atom stereocenters. The van der Waals surface area contributed by atoms with Crippen molar-refractivity contribution in [2.45, 2.75) is 0 Å². The number of benzene rings is 1. The molecular formula is C12H9N3O2. The zero-order valence-corrected chi connectivity index (χ0v) is 8.79. The molecular weight excluding hydrogens is 218 g/mol. The molecule has 3 rings (SSSR count). The van der Waals surface area contributed by atoms with Crippen LogP contribution in [0.25, 0.3) is 16.8 Å². The molecule has 0 aliphatic rings. The Labute approximate surface area is 96.0 Å². The van der Waals surface area contributed by atoms with Crippen LogP contribution in [0.15, 0.2) is 47.5 Å². The summed E-state index contributed by atoms with van der Waals surface area (Å²) in [5.74, 6) is 0.220. The third-order valence-corrected chi connectivity index (χ3v) is 2.54. The molecule has 84 valence electrons. The Morgan fingerprint density at radius 1 is 1.18 bits per heavy atom. The van der Waals surface area contributed by atoms with E-state index in [9.17, 15) is 9.90 Å². The summed E-state index contributed by atoms with van der Waals surface area (Å²) in [6, 6.07) is 8.23. The van der Waals surface area contributed by atoms with Crippen LogP contribution >= 0.6 is 0 Å². The maximum absolute atomic E-state index is 11.1. The van der Waals surface area contributed by atoms with Crippen LogP contribution in [0.3, 0.4) is 0 Å². The molecule has 0 aliphatic heterocycles. The maximum Gasteiger partial charge on any atom is 0.266 e. The molecule has 0 aliphatic carbocycles. The summed E-state index contributed by atoms with van der Waals surface area (Å²) in [5.41, 5.74) is 2.19. The second-order valence-electron chi connectivity index (χ2n) is 3.74. The van der Waals surface area contributed by atoms with Crippen LogP contribution in [-0.2, 0) is 0 Å². The van der Waals surface area contributed by atoms with Crippen LogP contribution < -0.4 is 5.56 Å². The van der Waals surface area contributed by atoms with Gasteiger partial charge in [-0.25, -0.2) is 9.50 Å². The van der Waals surface area contributed by atoms with Crippen molar-refractivity contribution in [2.24, 2.45) is 0 Å². The van der Waals surface area contributed by atoms with E-state index in [4.69, 9.17) is 0 Å². The molecule has 17 heavy (non-hydrogen) atoms. The van der Waals surface area contributed by atoms with Gasteiger partial charge in [-0.05, 0) is 17.7 Å². The van der Waals surface area contributed by atoms with E-state index in [1.165, 1.54) is 6.07 Å². The Hall–Kier alpha value is -2.56. The molecule has 0 atom stereocenters. The predicted octanol–water partition coefficient (Wildman–Crippen LogP) is 1.40. The van der Waals surface area contributed by atoms with Gasteiger partial charge in [0.05, 0.1) is 0 Å². The van der Waals surface area contributed by atoms with Crippen molar-refractivity contribution in [3.8, 4) is 16.9 Å². The van der Waals surface area contributed by atoms with Crippen LogP contribution in [0.2, 0.25) is 0 Å². The number of fused-ring (bicyclic) bond motifs is 1. The van der Waals surface area contributed by atoms with Crippen LogP contribution in [0, 0.1) is 0 Å². The average Bonchev–Trinajstić information content (AvgIpc) is 2.69. The number of phenolic OH excluding ortho intramolecular Hbond substituents is 1. The Balaban J connectivity index is 2.17. The van der Waals surface area contributed by atoms with E-state index in [-0.39, 0.29) is 11.3 Å². The van der Waals surface area contributed by atoms with Gasteiger partial charge in [-0.2, -0.15) is 0 Å². The molecule has 2 heterocycles. The molecule has 3 aromatic rings. The number of nitrogens with zero attached hydrogens (tertiary/aromatic N) is 2. The number of rotatable bonds is 1. The molecule has 0 saturated carbocycles. The Morgan fingerprint density at radius 2 is 1.94 bits per heavy atom. The van der Waals surface area contributed by atoms with Gasteiger partial charge >= 0.3 is 0 Å². The number of phenols is 1. The summed E-state index contributed by atoms with van der Waals surface area (Å²) in [5, 5.41) is 11.8. The largest absolute Gasteiger partial charge is 0.508 e. The van der Waals surface area contributed by atoms with E-state index < -0.39 is 0 Å². The molecule has 0 spiro atoms. The summed E-state index contributed by atoms with van der Waals surface area (Å²) in [6.45, 7) is 0. The first-order valence-corrected chi connectivity index (χ1v) is 5.09. The number of nitrogens with one attached hydrogen (secondary N) is 1. The predicted molar refractivity (Wildman–Crippen MR) is 62.9 cm³/mol. The fraction of sp³-hybridized carbons (Fsp3) is 0. The van der Waals surface area contributed by atoms with Gasteiger partial charge in [0, 0.05) is 24.0 Å². The standard InChI is InChI=1S/C12H9N3O2/c16-10-3-1-8(2-4-10)9-6-13-11-5-12(17)14-15(11)7-9/h1-7,16H,(H,14,17). The average molecular weight is 227 g/mol. The highest BCUT2D eigenvalue weighted by molar-refractivity contribution is 5.63. The molecule has 0 radical (unpaired) electrons. The summed E-state index contributed by atoms with van der Waals surface area (Å²) in [6.07, 6.45) is 3.48. The van der Waals surface area contributed by atoms with E-state index in [1.807, 2.05) is 0 Å². The van der Waals surface area contributed by atoms with Gasteiger partial charge in [0.15, 0.2) is 5.65 Å². The lowest BCUT2D eigenvalue weighted by Gasteiger charge is -2.02. The Kier molecular flexibility index (Phi) is 1.98. The minimum absolute atomic E-state index is 0.180. The topological polar surface area (TPSA) is 70.4 Å². The van der Waals surface area contributed by atoms with E-state index in [0.717, 1.165) is 11.1 Å². The first-order valence-electron chi connectivity index (χ1n) is 5.09. The molecule has 5 heteroatoms. The lowest BCUT2D eigenvalue weighted by molar-refractivity contribution is 0.475. The van der Waals surface area contributed by atoms with Crippen LogP contribution in [0.5, 0.6) is 5.75 Å². The van der Waals surface area contributed by atoms with Crippen molar-refractivity contribution in [3.05, 3.63) is 53.1 Å². The SMILES string of the molecule is O=c1cc2ncc(-c3ccc(O)cc3)cn2[nH]1. The molecule has 5 nitrogen and oxygen atoms in total. The summed E-state index contributed by atoms with van der Waals surface area (Å²) < 4.78 is 1.57. The minimum Gasteiger partial charge on any atom is -0.508 e. The quantitative estimate of drug-likeness (QED) is 0.660. The number of aromatic hydroxyl groups is 1.